The predicted molar refractivity (Wildman–Crippen MR) is 71.9 cm³/mol. The molecular weight excluding hydrogens is 242 g/mol. The Balaban J connectivity index is 2.17. The van der Waals surface area contributed by atoms with Gasteiger partial charge in [-0.2, -0.15) is 5.06 Å². The van der Waals surface area contributed by atoms with Crippen LogP contribution in [0.4, 0.5) is 0 Å². The van der Waals surface area contributed by atoms with Gasteiger partial charge in [-0.25, -0.2) is 0 Å². The number of hydrogen-bond acceptors (Lipinski definition) is 3. The molecule has 0 fully saturated rings. The molecule has 0 radical (unpaired) electrons. The Kier molecular flexibility index (Phi) is 4.56. The van der Waals surface area contributed by atoms with Crippen molar-refractivity contribution < 1.29 is 15.1 Å². The lowest BCUT2D eigenvalue weighted by atomic mass is 9.85. The minimum absolute atomic E-state index is 0.198. The molecule has 0 saturated heterocycles. The summed E-state index contributed by atoms with van der Waals surface area (Å²) in [6, 6.07) is 7.21. The highest BCUT2D eigenvalue weighted by atomic mass is 16.5. The van der Waals surface area contributed by atoms with Crippen LogP contribution in [0.5, 0.6) is 0 Å². The Labute approximate surface area is 113 Å². The molecule has 1 aliphatic rings. The summed E-state index contributed by atoms with van der Waals surface area (Å²) >= 11 is 0. The molecule has 1 aromatic rings. The summed E-state index contributed by atoms with van der Waals surface area (Å²) < 4.78 is 0. The Hall–Kier alpha value is -1.39. The molecule has 0 saturated carbocycles. The number of fused-ring (bicyclic) bond motifs is 1. The van der Waals surface area contributed by atoms with Crippen molar-refractivity contribution in [3.05, 3.63) is 35.4 Å². The summed E-state index contributed by atoms with van der Waals surface area (Å²) in [4.78, 5) is 11.9. The molecule has 4 nitrogen and oxygen atoms in total. The summed E-state index contributed by atoms with van der Waals surface area (Å²) in [5, 5.41) is 20.2. The molecule has 1 aromatic carbocycles. The van der Waals surface area contributed by atoms with Crippen LogP contribution in [0.25, 0.3) is 0 Å². The zero-order valence-electron chi connectivity index (χ0n) is 11.2. The van der Waals surface area contributed by atoms with Crippen molar-refractivity contribution in [1.29, 1.82) is 0 Å². The number of aliphatic hydroxyl groups excluding tert-OH is 1. The van der Waals surface area contributed by atoms with Gasteiger partial charge in [-0.05, 0) is 18.1 Å². The van der Waals surface area contributed by atoms with Crippen LogP contribution in [0.1, 0.15) is 60.9 Å². The molecule has 1 heterocycles. The fraction of sp³-hybridized carbons (Fsp3) is 0.533. The van der Waals surface area contributed by atoms with Crippen LogP contribution >= 0.6 is 0 Å². The molecular formula is C15H21NO3. The van der Waals surface area contributed by atoms with Gasteiger partial charge in [0, 0.05) is 11.5 Å². The number of aliphatic hydroxyl groups is 1. The molecule has 1 aliphatic heterocycles. The Morgan fingerprint density at radius 1 is 1.21 bits per heavy atom. The van der Waals surface area contributed by atoms with Crippen LogP contribution in [0.2, 0.25) is 0 Å². The second-order valence-electron chi connectivity index (χ2n) is 5.11. The normalized spacial score (nSPS) is 22.5. The molecule has 19 heavy (non-hydrogen) atoms. The maximum Gasteiger partial charge on any atom is 0.280 e. The van der Waals surface area contributed by atoms with E-state index < -0.39 is 12.1 Å². The summed E-state index contributed by atoms with van der Waals surface area (Å²) in [7, 11) is 0. The SMILES string of the molecule is CCCCCCC1c2ccccc2C(=O)N(O)C1O. The fourth-order valence-corrected chi connectivity index (χ4v) is 2.69. The van der Waals surface area contributed by atoms with Crippen molar-refractivity contribution >= 4 is 5.91 Å². The first-order valence-electron chi connectivity index (χ1n) is 6.96. The molecule has 0 aliphatic carbocycles. The first-order valence-corrected chi connectivity index (χ1v) is 6.96. The van der Waals surface area contributed by atoms with Crippen LogP contribution in [0.15, 0.2) is 24.3 Å². The third-order valence-corrected chi connectivity index (χ3v) is 3.78. The van der Waals surface area contributed by atoms with E-state index in [1.54, 1.807) is 12.1 Å². The van der Waals surface area contributed by atoms with Gasteiger partial charge in [-0.15, -0.1) is 0 Å². The zero-order valence-corrected chi connectivity index (χ0v) is 11.2. The smallest absolute Gasteiger partial charge is 0.280 e. The fourth-order valence-electron chi connectivity index (χ4n) is 2.69. The van der Waals surface area contributed by atoms with Gasteiger partial charge in [-0.1, -0.05) is 50.8 Å². The number of unbranched alkanes of at least 4 members (excludes halogenated alkanes) is 3. The average molecular weight is 263 g/mol. The van der Waals surface area contributed by atoms with Crippen molar-refractivity contribution in [2.75, 3.05) is 0 Å². The first-order chi connectivity index (χ1) is 9.16. The molecule has 0 aromatic heterocycles. The van der Waals surface area contributed by atoms with Crippen LogP contribution in [-0.2, 0) is 0 Å². The standard InChI is InChI=1S/C15H21NO3/c1-2-3-4-5-9-12-11-8-6-7-10-13(11)15(18)16(19)14(12)17/h6-8,10,12,14,17,19H,2-5,9H2,1H3. The van der Waals surface area contributed by atoms with Gasteiger partial charge in [0.15, 0.2) is 6.23 Å². The Morgan fingerprint density at radius 3 is 2.68 bits per heavy atom. The average Bonchev–Trinajstić information content (AvgIpc) is 2.44. The van der Waals surface area contributed by atoms with Crippen LogP contribution in [-0.4, -0.2) is 27.5 Å². The largest absolute Gasteiger partial charge is 0.371 e. The third-order valence-electron chi connectivity index (χ3n) is 3.78. The predicted octanol–water partition coefficient (Wildman–Crippen LogP) is 2.90. The Morgan fingerprint density at radius 2 is 1.95 bits per heavy atom. The second kappa shape index (κ2) is 6.17. The summed E-state index contributed by atoms with van der Waals surface area (Å²) in [6.07, 6.45) is 4.08. The third kappa shape index (κ3) is 2.80. The molecule has 2 rings (SSSR count). The van der Waals surface area contributed by atoms with Crippen LogP contribution in [0, 0.1) is 0 Å². The van der Waals surface area contributed by atoms with E-state index in [9.17, 15) is 15.1 Å². The summed E-state index contributed by atoms with van der Waals surface area (Å²) in [5.74, 6) is -0.719. The van der Waals surface area contributed by atoms with Gasteiger partial charge >= 0.3 is 0 Å². The number of carbonyl (C=O) groups excluding carboxylic acids is 1. The topological polar surface area (TPSA) is 60.8 Å². The maximum absolute atomic E-state index is 11.9. The van der Waals surface area contributed by atoms with Gasteiger partial charge in [0.25, 0.3) is 5.91 Å². The number of amides is 1. The number of hydroxylamine groups is 2. The summed E-state index contributed by atoms with van der Waals surface area (Å²) in [5.41, 5.74) is 1.34. The highest BCUT2D eigenvalue weighted by Gasteiger charge is 2.37. The second-order valence-corrected chi connectivity index (χ2v) is 5.11. The van der Waals surface area contributed by atoms with Crippen molar-refractivity contribution in [3.8, 4) is 0 Å². The lowest BCUT2D eigenvalue weighted by Crippen LogP contribution is -2.46. The van der Waals surface area contributed by atoms with Gasteiger partial charge in [0.1, 0.15) is 0 Å². The minimum atomic E-state index is -1.14. The van der Waals surface area contributed by atoms with Crippen molar-refractivity contribution in [3.63, 3.8) is 0 Å². The molecule has 0 spiro atoms. The van der Waals surface area contributed by atoms with Crippen molar-refractivity contribution in [2.45, 2.75) is 51.2 Å². The number of nitrogens with zero attached hydrogens (tertiary/aromatic N) is 1. The highest BCUT2D eigenvalue weighted by molar-refractivity contribution is 5.96. The molecule has 0 bridgehead atoms. The first kappa shape index (κ1) is 14.0. The quantitative estimate of drug-likeness (QED) is 0.634. The van der Waals surface area contributed by atoms with E-state index >= 15 is 0 Å². The van der Waals surface area contributed by atoms with Gasteiger partial charge in [-0.3, -0.25) is 10.0 Å². The van der Waals surface area contributed by atoms with Crippen molar-refractivity contribution in [2.24, 2.45) is 0 Å². The molecule has 2 unspecified atom stereocenters. The van der Waals surface area contributed by atoms with E-state index in [0.29, 0.717) is 10.6 Å². The minimum Gasteiger partial charge on any atom is -0.371 e. The van der Waals surface area contributed by atoms with E-state index in [0.717, 1.165) is 31.2 Å². The number of hydrogen-bond donors (Lipinski definition) is 2. The summed E-state index contributed by atoms with van der Waals surface area (Å²) in [6.45, 7) is 2.15. The van der Waals surface area contributed by atoms with E-state index in [1.807, 2.05) is 12.1 Å². The lowest BCUT2D eigenvalue weighted by molar-refractivity contribution is -0.171. The monoisotopic (exact) mass is 263 g/mol. The highest BCUT2D eigenvalue weighted by Crippen LogP contribution is 2.34. The van der Waals surface area contributed by atoms with E-state index in [4.69, 9.17) is 0 Å². The maximum atomic E-state index is 11.9. The molecule has 1 amide bonds. The Bertz CT molecular complexity index is 447. The van der Waals surface area contributed by atoms with Crippen molar-refractivity contribution in [1.82, 2.24) is 5.06 Å². The number of rotatable bonds is 5. The molecule has 4 heteroatoms. The van der Waals surface area contributed by atoms with E-state index in [-0.39, 0.29) is 5.92 Å². The van der Waals surface area contributed by atoms with E-state index in [1.165, 1.54) is 6.42 Å². The zero-order chi connectivity index (χ0) is 13.8. The van der Waals surface area contributed by atoms with Gasteiger partial charge in [0.05, 0.1) is 0 Å². The molecule has 2 atom stereocenters. The number of carbonyl (C=O) groups is 1. The van der Waals surface area contributed by atoms with Crippen LogP contribution < -0.4 is 0 Å². The lowest BCUT2D eigenvalue weighted by Gasteiger charge is -2.35. The molecule has 104 valence electrons. The van der Waals surface area contributed by atoms with E-state index in [2.05, 4.69) is 6.92 Å². The number of benzene rings is 1. The van der Waals surface area contributed by atoms with Crippen LogP contribution in [0.3, 0.4) is 0 Å². The molecule has 2 N–H and O–H groups in total. The van der Waals surface area contributed by atoms with Gasteiger partial charge in [0.2, 0.25) is 0 Å². The van der Waals surface area contributed by atoms with Gasteiger partial charge < -0.3 is 5.11 Å².